The summed E-state index contributed by atoms with van der Waals surface area (Å²) in [7, 11) is 0. The monoisotopic (exact) mass is 926 g/mol. The molecule has 1 amide bonds. The topological polar surface area (TPSA) is 307 Å². The highest BCUT2D eigenvalue weighted by molar-refractivity contribution is 5.76. The van der Waals surface area contributed by atoms with E-state index in [-0.39, 0.29) is 18.9 Å². The zero-order chi connectivity index (χ0) is 47.0. The molecule has 17 atom stereocenters. The van der Waals surface area contributed by atoms with Gasteiger partial charge in [-0.1, -0.05) is 122 Å². The highest BCUT2D eigenvalue weighted by Gasteiger charge is 2.53. The lowest BCUT2D eigenvalue weighted by Crippen LogP contribution is -2.66. The molecule has 3 fully saturated rings. The number of aliphatic hydroxyl groups is 11. The number of aliphatic hydroxyl groups excluding tert-OH is 11. The molecular weight excluding hydrogens is 842 g/mol. The van der Waals surface area contributed by atoms with Crippen LogP contribution in [0.25, 0.3) is 0 Å². The summed E-state index contributed by atoms with van der Waals surface area (Å²) >= 11 is 0. The van der Waals surface area contributed by atoms with Crippen LogP contribution in [-0.2, 0) is 33.2 Å². The average Bonchev–Trinajstić information content (AvgIpc) is 3.29. The van der Waals surface area contributed by atoms with Gasteiger partial charge >= 0.3 is 0 Å². The fourth-order valence-electron chi connectivity index (χ4n) is 8.25. The van der Waals surface area contributed by atoms with Crippen molar-refractivity contribution in [3.05, 3.63) is 12.2 Å². The van der Waals surface area contributed by atoms with Crippen molar-refractivity contribution < 1.29 is 89.4 Å². The standard InChI is InChI=1S/C45H83NO18/c1-3-5-7-9-11-12-13-14-15-17-19-21-23-33(51)46-28(29(50)22-20-18-16-10-8-6-4-2)27-59-43-39(57)36(54)41(31(25-48)61-43)64-45-40(58)37(55)42(32(26-49)62-45)63-44-38(56)35(53)34(52)30(24-47)60-44/h20,22,28-32,34-45,47-50,52-58H,3-19,21,23-27H2,1-2H3,(H,46,51)/b22-20+. The fourth-order valence-corrected chi connectivity index (χ4v) is 8.25. The van der Waals surface area contributed by atoms with Gasteiger partial charge in [-0.05, 0) is 19.3 Å². The molecule has 3 aliphatic rings. The minimum Gasteiger partial charge on any atom is -0.394 e. The van der Waals surface area contributed by atoms with Crippen LogP contribution in [0.15, 0.2) is 12.2 Å². The third-order valence-corrected chi connectivity index (χ3v) is 12.3. The summed E-state index contributed by atoms with van der Waals surface area (Å²) in [5.41, 5.74) is 0. The van der Waals surface area contributed by atoms with Gasteiger partial charge in [0.1, 0.15) is 73.2 Å². The fraction of sp³-hybridized carbons (Fsp3) is 0.933. The van der Waals surface area contributed by atoms with Gasteiger partial charge in [-0.2, -0.15) is 0 Å². The molecule has 12 N–H and O–H groups in total. The van der Waals surface area contributed by atoms with Crippen LogP contribution < -0.4 is 5.32 Å². The lowest BCUT2D eigenvalue weighted by molar-refractivity contribution is -0.379. The highest BCUT2D eigenvalue weighted by Crippen LogP contribution is 2.33. The Bertz CT molecular complexity index is 1250. The van der Waals surface area contributed by atoms with Gasteiger partial charge in [-0.25, -0.2) is 0 Å². The predicted molar refractivity (Wildman–Crippen MR) is 231 cm³/mol. The van der Waals surface area contributed by atoms with E-state index in [1.165, 1.54) is 51.4 Å². The Hall–Kier alpha value is -1.47. The van der Waals surface area contributed by atoms with Crippen molar-refractivity contribution in [3.8, 4) is 0 Å². The van der Waals surface area contributed by atoms with E-state index in [0.717, 1.165) is 57.8 Å². The van der Waals surface area contributed by atoms with E-state index in [9.17, 15) is 61.0 Å². The number of amides is 1. The maximum absolute atomic E-state index is 13.1. The van der Waals surface area contributed by atoms with Crippen molar-refractivity contribution in [2.75, 3.05) is 26.4 Å². The summed E-state index contributed by atoms with van der Waals surface area (Å²) in [5.74, 6) is -0.283. The van der Waals surface area contributed by atoms with Crippen LogP contribution in [0, 0.1) is 0 Å². The number of allylic oxidation sites excluding steroid dienone is 1. The number of unbranched alkanes of at least 4 members (excludes halogenated alkanes) is 16. The Labute approximate surface area is 378 Å². The van der Waals surface area contributed by atoms with Crippen LogP contribution in [0.4, 0.5) is 0 Å². The van der Waals surface area contributed by atoms with E-state index >= 15 is 0 Å². The van der Waals surface area contributed by atoms with E-state index in [1.807, 2.05) is 6.08 Å². The second kappa shape index (κ2) is 31.6. The number of ether oxygens (including phenoxy) is 6. The number of rotatable bonds is 32. The molecule has 3 aliphatic heterocycles. The zero-order valence-electron chi connectivity index (χ0n) is 38.0. The van der Waals surface area contributed by atoms with Crippen LogP contribution in [-0.4, -0.2) is 193 Å². The molecular formula is C45H83NO18. The summed E-state index contributed by atoms with van der Waals surface area (Å²) in [5, 5.41) is 119. The molecule has 64 heavy (non-hydrogen) atoms. The van der Waals surface area contributed by atoms with Crippen molar-refractivity contribution >= 4 is 5.91 Å². The van der Waals surface area contributed by atoms with Crippen LogP contribution in [0.5, 0.6) is 0 Å². The van der Waals surface area contributed by atoms with Crippen molar-refractivity contribution in [2.45, 2.75) is 240 Å². The molecule has 376 valence electrons. The first-order chi connectivity index (χ1) is 30.8. The number of nitrogens with one attached hydrogen (secondary N) is 1. The van der Waals surface area contributed by atoms with Crippen molar-refractivity contribution in [1.29, 1.82) is 0 Å². The summed E-state index contributed by atoms with van der Waals surface area (Å²) in [6.45, 7) is 1.60. The summed E-state index contributed by atoms with van der Waals surface area (Å²) in [6, 6.07) is -0.962. The molecule has 19 heteroatoms. The van der Waals surface area contributed by atoms with E-state index in [1.54, 1.807) is 6.08 Å². The molecule has 3 rings (SSSR count). The molecule has 3 saturated heterocycles. The Morgan fingerprint density at radius 3 is 1.47 bits per heavy atom. The number of hydrogen-bond donors (Lipinski definition) is 12. The van der Waals surface area contributed by atoms with Gasteiger partial charge in [-0.15, -0.1) is 0 Å². The van der Waals surface area contributed by atoms with Crippen molar-refractivity contribution in [2.24, 2.45) is 0 Å². The van der Waals surface area contributed by atoms with Crippen LogP contribution in [0.1, 0.15) is 136 Å². The zero-order valence-corrected chi connectivity index (χ0v) is 38.0. The van der Waals surface area contributed by atoms with Crippen molar-refractivity contribution in [1.82, 2.24) is 5.32 Å². The van der Waals surface area contributed by atoms with Crippen molar-refractivity contribution in [3.63, 3.8) is 0 Å². The van der Waals surface area contributed by atoms with Gasteiger partial charge in [0, 0.05) is 6.42 Å². The third-order valence-electron chi connectivity index (χ3n) is 12.3. The average molecular weight is 926 g/mol. The number of carbonyl (C=O) groups excluding carboxylic acids is 1. The van der Waals surface area contributed by atoms with Gasteiger partial charge in [-0.3, -0.25) is 4.79 Å². The summed E-state index contributed by atoms with van der Waals surface area (Å²) in [6.07, 6.45) is -3.08. The van der Waals surface area contributed by atoms with Gasteiger partial charge in [0.05, 0.1) is 38.6 Å². The first-order valence-corrected chi connectivity index (χ1v) is 23.9. The lowest BCUT2D eigenvalue weighted by atomic mass is 9.96. The van der Waals surface area contributed by atoms with E-state index in [2.05, 4.69) is 19.2 Å². The van der Waals surface area contributed by atoms with Crippen LogP contribution >= 0.6 is 0 Å². The van der Waals surface area contributed by atoms with E-state index in [0.29, 0.717) is 6.42 Å². The minimum absolute atomic E-state index is 0.246. The van der Waals surface area contributed by atoms with Gasteiger partial charge in [0.15, 0.2) is 18.9 Å². The minimum atomic E-state index is -1.97. The Balaban J connectivity index is 1.57. The number of hydrogen-bond acceptors (Lipinski definition) is 18. The Morgan fingerprint density at radius 1 is 0.547 bits per heavy atom. The van der Waals surface area contributed by atoms with Crippen LogP contribution in [0.2, 0.25) is 0 Å². The molecule has 19 nitrogen and oxygen atoms in total. The second-order valence-electron chi connectivity index (χ2n) is 17.6. The molecule has 0 radical (unpaired) electrons. The summed E-state index contributed by atoms with van der Waals surface area (Å²) < 4.78 is 34.0. The predicted octanol–water partition coefficient (Wildman–Crippen LogP) is 0.305. The largest absolute Gasteiger partial charge is 0.394 e. The Kier molecular flexibility index (Phi) is 28.0. The SMILES string of the molecule is CCCCCCC/C=C/C(O)C(COC1OC(CO)C(OC2OC(CO)C(OC3OC(CO)C(O)C(O)C3O)C(O)C2O)C(O)C1O)NC(=O)CCCCCCCCCCCCCC. The van der Waals surface area contributed by atoms with E-state index in [4.69, 9.17) is 28.4 Å². The lowest BCUT2D eigenvalue weighted by Gasteiger charge is -2.48. The molecule has 0 bridgehead atoms. The maximum Gasteiger partial charge on any atom is 0.220 e. The van der Waals surface area contributed by atoms with Gasteiger partial charge in [0.2, 0.25) is 5.91 Å². The highest BCUT2D eigenvalue weighted by atomic mass is 16.8. The molecule has 0 aromatic carbocycles. The second-order valence-corrected chi connectivity index (χ2v) is 17.6. The molecule has 0 aromatic heterocycles. The molecule has 3 heterocycles. The summed E-state index contributed by atoms with van der Waals surface area (Å²) in [4.78, 5) is 13.1. The quantitative estimate of drug-likeness (QED) is 0.0319. The first-order valence-electron chi connectivity index (χ1n) is 23.9. The first kappa shape index (κ1) is 56.9. The smallest absolute Gasteiger partial charge is 0.220 e. The van der Waals surface area contributed by atoms with Crippen LogP contribution in [0.3, 0.4) is 0 Å². The van der Waals surface area contributed by atoms with E-state index < -0.39 is 124 Å². The molecule has 0 aliphatic carbocycles. The Morgan fingerprint density at radius 2 is 0.969 bits per heavy atom. The molecule has 0 spiro atoms. The molecule has 0 aromatic rings. The maximum atomic E-state index is 13.1. The van der Waals surface area contributed by atoms with Gasteiger partial charge in [0.25, 0.3) is 0 Å². The molecule has 17 unspecified atom stereocenters. The molecule has 0 saturated carbocycles. The number of carbonyl (C=O) groups is 1. The third kappa shape index (κ3) is 18.2. The normalized spacial score (nSPS) is 34.5. The van der Waals surface area contributed by atoms with Gasteiger partial charge < -0.3 is 89.9 Å².